The van der Waals surface area contributed by atoms with E-state index in [0.717, 1.165) is 0 Å². The lowest BCUT2D eigenvalue weighted by Crippen LogP contribution is -2.42. The normalized spacial score (nSPS) is 13.2. The van der Waals surface area contributed by atoms with Crippen LogP contribution in [0.15, 0.2) is 5.11 Å². The molecule has 0 amide bonds. The Balaban J connectivity index is 4.26. The van der Waals surface area contributed by atoms with Crippen molar-refractivity contribution in [3.8, 4) is 0 Å². The van der Waals surface area contributed by atoms with Gasteiger partial charge in [-0.3, -0.25) is 0 Å². The van der Waals surface area contributed by atoms with E-state index >= 15 is 0 Å². The van der Waals surface area contributed by atoms with Gasteiger partial charge < -0.3 is 14.4 Å². The van der Waals surface area contributed by atoms with E-state index in [4.69, 9.17) is 5.53 Å². The van der Waals surface area contributed by atoms with Crippen molar-refractivity contribution in [1.29, 1.82) is 0 Å². The molecule has 0 aliphatic carbocycles. The molecule has 0 aliphatic rings. The molecule has 0 saturated carbocycles. The molecule has 0 saturated heterocycles. The maximum absolute atomic E-state index is 10.3. The summed E-state index contributed by atoms with van der Waals surface area (Å²) in [5, 5.41) is 13.7. The highest BCUT2D eigenvalue weighted by atomic mass is 16.4. The first-order valence-electron chi connectivity index (χ1n) is 3.89. The average Bonchev–Trinajstić information content (AvgIpc) is 1.81. The number of carbonyl (C=O) groups is 1. The number of carbonyl (C=O) groups excluding carboxylic acids is 1. The SMILES string of the molecule is C[N+](C)(C)CC(CC(=O)[O-])N=[N+]=[N-]. The molecule has 0 aromatic carbocycles. The Morgan fingerprint density at radius 1 is 1.62 bits per heavy atom. The molecule has 0 bridgehead atoms. The zero-order chi connectivity index (χ0) is 10.5. The number of hydrogen-bond acceptors (Lipinski definition) is 3. The maximum atomic E-state index is 10.3. The van der Waals surface area contributed by atoms with E-state index in [1.54, 1.807) is 0 Å². The summed E-state index contributed by atoms with van der Waals surface area (Å²) >= 11 is 0. The van der Waals surface area contributed by atoms with Gasteiger partial charge in [0.15, 0.2) is 0 Å². The highest BCUT2D eigenvalue weighted by Crippen LogP contribution is 2.03. The molecule has 0 aliphatic heterocycles. The first-order chi connectivity index (χ1) is 5.85. The fourth-order valence-corrected chi connectivity index (χ4v) is 1.04. The molecule has 6 nitrogen and oxygen atoms in total. The number of hydrogen-bond donors (Lipinski definition) is 0. The third-order valence-electron chi connectivity index (χ3n) is 1.38. The van der Waals surface area contributed by atoms with Crippen molar-refractivity contribution in [3.63, 3.8) is 0 Å². The summed E-state index contributed by atoms with van der Waals surface area (Å²) in [4.78, 5) is 12.9. The van der Waals surface area contributed by atoms with Crippen molar-refractivity contribution < 1.29 is 14.4 Å². The van der Waals surface area contributed by atoms with Crippen LogP contribution in [-0.2, 0) is 4.79 Å². The van der Waals surface area contributed by atoms with Gasteiger partial charge in [0.05, 0.1) is 33.7 Å². The molecule has 0 rings (SSSR count). The molecule has 0 radical (unpaired) electrons. The molecule has 74 valence electrons. The van der Waals surface area contributed by atoms with Crippen LogP contribution in [0.4, 0.5) is 0 Å². The quantitative estimate of drug-likeness (QED) is 0.251. The number of likely N-dealkylation sites (N-methyl/N-ethyl adjacent to an activating group) is 1. The Labute approximate surface area is 77.0 Å². The highest BCUT2D eigenvalue weighted by molar-refractivity contribution is 5.65. The molecular weight excluding hydrogens is 172 g/mol. The fraction of sp³-hybridized carbons (Fsp3) is 0.857. The first-order valence-corrected chi connectivity index (χ1v) is 3.89. The van der Waals surface area contributed by atoms with Crippen LogP contribution in [0.25, 0.3) is 10.4 Å². The molecule has 0 heterocycles. The second-order valence-corrected chi connectivity index (χ2v) is 3.91. The van der Waals surface area contributed by atoms with Gasteiger partial charge in [0, 0.05) is 17.3 Å². The number of quaternary nitrogens is 1. The summed E-state index contributed by atoms with van der Waals surface area (Å²) in [6, 6.07) is -0.532. The summed E-state index contributed by atoms with van der Waals surface area (Å²) < 4.78 is 0.553. The van der Waals surface area contributed by atoms with Gasteiger partial charge in [-0.2, -0.15) is 0 Å². The third-order valence-corrected chi connectivity index (χ3v) is 1.38. The van der Waals surface area contributed by atoms with Crippen molar-refractivity contribution >= 4 is 5.97 Å². The van der Waals surface area contributed by atoms with E-state index in [9.17, 15) is 9.90 Å². The number of aliphatic carboxylic acids is 1. The monoisotopic (exact) mass is 186 g/mol. The van der Waals surface area contributed by atoms with Crippen LogP contribution in [-0.4, -0.2) is 44.2 Å². The summed E-state index contributed by atoms with van der Waals surface area (Å²) in [6.07, 6.45) is -0.223. The van der Waals surface area contributed by atoms with Crippen LogP contribution in [0.3, 0.4) is 0 Å². The summed E-state index contributed by atoms with van der Waals surface area (Å²) in [5.74, 6) is -1.19. The van der Waals surface area contributed by atoms with Gasteiger partial charge in [0.25, 0.3) is 0 Å². The summed E-state index contributed by atoms with van der Waals surface area (Å²) in [6.45, 7) is 0.484. The minimum absolute atomic E-state index is 0.223. The summed E-state index contributed by atoms with van der Waals surface area (Å²) in [7, 11) is 5.69. The molecular formula is C7H14N4O2. The minimum Gasteiger partial charge on any atom is -0.550 e. The lowest BCUT2D eigenvalue weighted by Gasteiger charge is -2.27. The average molecular weight is 186 g/mol. The number of nitrogens with zero attached hydrogens (tertiary/aromatic N) is 4. The van der Waals surface area contributed by atoms with E-state index in [1.807, 2.05) is 21.1 Å². The van der Waals surface area contributed by atoms with E-state index in [0.29, 0.717) is 11.0 Å². The topological polar surface area (TPSA) is 88.9 Å². The third kappa shape index (κ3) is 7.11. The van der Waals surface area contributed by atoms with Crippen molar-refractivity contribution in [2.24, 2.45) is 5.11 Å². The second-order valence-electron chi connectivity index (χ2n) is 3.91. The largest absolute Gasteiger partial charge is 0.550 e. The van der Waals surface area contributed by atoms with Crippen LogP contribution in [0, 0.1) is 0 Å². The Hall–Kier alpha value is -1.26. The fourth-order valence-electron chi connectivity index (χ4n) is 1.04. The minimum atomic E-state index is -1.19. The van der Waals surface area contributed by atoms with E-state index in [2.05, 4.69) is 10.0 Å². The smallest absolute Gasteiger partial charge is 0.0916 e. The molecule has 1 atom stereocenters. The Morgan fingerprint density at radius 2 is 2.15 bits per heavy atom. The zero-order valence-corrected chi connectivity index (χ0v) is 8.10. The Morgan fingerprint density at radius 3 is 2.46 bits per heavy atom. The predicted molar refractivity (Wildman–Crippen MR) is 45.5 cm³/mol. The van der Waals surface area contributed by atoms with Gasteiger partial charge in [0.2, 0.25) is 0 Å². The number of azide groups is 1. The Bertz CT molecular complexity index is 227. The molecule has 0 aromatic heterocycles. The van der Waals surface area contributed by atoms with E-state index in [-0.39, 0.29) is 6.42 Å². The van der Waals surface area contributed by atoms with Gasteiger partial charge in [0.1, 0.15) is 0 Å². The first kappa shape index (κ1) is 11.7. The molecule has 1 unspecified atom stereocenters. The predicted octanol–water partition coefficient (Wildman–Crippen LogP) is -0.488. The van der Waals surface area contributed by atoms with Crippen LogP contribution < -0.4 is 5.11 Å². The van der Waals surface area contributed by atoms with Gasteiger partial charge in [-0.1, -0.05) is 5.11 Å². The Kier molecular flexibility index (Phi) is 4.23. The molecule has 0 spiro atoms. The van der Waals surface area contributed by atoms with Gasteiger partial charge in [-0.15, -0.1) is 0 Å². The van der Waals surface area contributed by atoms with Crippen molar-refractivity contribution in [3.05, 3.63) is 10.4 Å². The molecule has 0 fully saturated rings. The molecule has 6 heteroatoms. The summed E-state index contributed by atoms with van der Waals surface area (Å²) in [5.41, 5.74) is 8.18. The van der Waals surface area contributed by atoms with Crippen molar-refractivity contribution in [2.45, 2.75) is 12.5 Å². The van der Waals surface area contributed by atoms with Gasteiger partial charge >= 0.3 is 0 Å². The maximum Gasteiger partial charge on any atom is 0.0916 e. The number of carboxylic acid groups (broad SMARTS) is 1. The second kappa shape index (κ2) is 4.69. The molecule has 0 N–H and O–H groups in total. The van der Waals surface area contributed by atoms with E-state index < -0.39 is 12.0 Å². The standard InChI is InChI=1S/C7H14N4O2/c1-11(2,3)5-6(9-10-8)4-7(12)13/h6H,4-5H2,1-3H3. The lowest BCUT2D eigenvalue weighted by atomic mass is 10.2. The van der Waals surface area contributed by atoms with Crippen LogP contribution >= 0.6 is 0 Å². The van der Waals surface area contributed by atoms with Gasteiger partial charge in [-0.25, -0.2) is 0 Å². The van der Waals surface area contributed by atoms with E-state index in [1.165, 1.54) is 0 Å². The van der Waals surface area contributed by atoms with Crippen LogP contribution in [0.1, 0.15) is 6.42 Å². The van der Waals surface area contributed by atoms with Crippen LogP contribution in [0.5, 0.6) is 0 Å². The van der Waals surface area contributed by atoms with Crippen molar-refractivity contribution in [1.82, 2.24) is 0 Å². The number of carboxylic acids is 1. The highest BCUT2D eigenvalue weighted by Gasteiger charge is 2.16. The van der Waals surface area contributed by atoms with Crippen molar-refractivity contribution in [2.75, 3.05) is 27.7 Å². The zero-order valence-electron chi connectivity index (χ0n) is 8.10. The number of rotatable bonds is 5. The van der Waals surface area contributed by atoms with Crippen LogP contribution in [0.2, 0.25) is 0 Å². The van der Waals surface area contributed by atoms with Gasteiger partial charge in [-0.05, 0) is 5.53 Å². The lowest BCUT2D eigenvalue weighted by molar-refractivity contribution is -0.871. The molecule has 13 heavy (non-hydrogen) atoms. The molecule has 0 aromatic rings.